The maximum absolute atomic E-state index is 5.72. The van der Waals surface area contributed by atoms with Crippen LogP contribution in [0.5, 0.6) is 0 Å². The first-order valence-corrected chi connectivity index (χ1v) is 7.64. The van der Waals surface area contributed by atoms with E-state index in [1.807, 2.05) is 41.5 Å². The molecule has 0 bridgehead atoms. The minimum atomic E-state index is -0.808. The third kappa shape index (κ3) is 6.53. The second kappa shape index (κ2) is 6.30. The van der Waals surface area contributed by atoms with Crippen molar-refractivity contribution in [3.63, 3.8) is 0 Å². The van der Waals surface area contributed by atoms with Crippen LogP contribution >= 0.6 is 0 Å². The van der Waals surface area contributed by atoms with Crippen molar-refractivity contribution in [2.45, 2.75) is 91.6 Å². The highest BCUT2D eigenvalue weighted by molar-refractivity contribution is 4.81. The van der Waals surface area contributed by atoms with Crippen LogP contribution in [0, 0.1) is 11.8 Å². The molecule has 20 heavy (non-hydrogen) atoms. The van der Waals surface area contributed by atoms with E-state index in [1.54, 1.807) is 0 Å². The van der Waals surface area contributed by atoms with Gasteiger partial charge in [-0.3, -0.25) is 0 Å². The Labute approximate surface area is 124 Å². The van der Waals surface area contributed by atoms with Gasteiger partial charge in [-0.1, -0.05) is 13.8 Å². The Hall–Kier alpha value is -0.160. The lowest BCUT2D eigenvalue weighted by Gasteiger charge is -2.41. The summed E-state index contributed by atoms with van der Waals surface area (Å²) in [5, 5.41) is 0. The molecule has 0 aliphatic heterocycles. The molecule has 0 spiro atoms. The van der Waals surface area contributed by atoms with Crippen LogP contribution in [0.2, 0.25) is 0 Å². The van der Waals surface area contributed by atoms with Crippen LogP contribution in [-0.2, 0) is 19.6 Å². The van der Waals surface area contributed by atoms with Gasteiger partial charge < -0.3 is 0 Å². The molecule has 0 N–H and O–H groups in total. The molecular weight excluding hydrogens is 256 g/mol. The molecule has 1 rings (SSSR count). The summed E-state index contributed by atoms with van der Waals surface area (Å²) >= 11 is 0. The maximum atomic E-state index is 5.72. The van der Waals surface area contributed by atoms with Crippen LogP contribution in [-0.4, -0.2) is 17.0 Å². The number of rotatable bonds is 4. The van der Waals surface area contributed by atoms with Crippen molar-refractivity contribution in [1.82, 2.24) is 0 Å². The molecule has 4 nitrogen and oxygen atoms in total. The lowest BCUT2D eigenvalue weighted by Crippen LogP contribution is -2.46. The molecule has 0 aromatic heterocycles. The van der Waals surface area contributed by atoms with Gasteiger partial charge in [0.05, 0.1) is 11.2 Å². The molecular formula is C16H32O4. The van der Waals surface area contributed by atoms with Crippen molar-refractivity contribution < 1.29 is 19.6 Å². The molecule has 0 aromatic rings. The van der Waals surface area contributed by atoms with Crippen molar-refractivity contribution in [3.8, 4) is 0 Å². The standard InChI is InChI=1S/C16H32O4/c1-12-9-13(2)11-16(10-12,19-17-14(3,4)5)20-18-15(6,7)8/h12-13H,9-11H2,1-8H3. The molecule has 1 fully saturated rings. The lowest BCUT2D eigenvalue weighted by atomic mass is 9.79. The molecule has 0 aromatic carbocycles. The molecule has 0 radical (unpaired) electrons. The molecule has 1 aliphatic carbocycles. The van der Waals surface area contributed by atoms with E-state index in [0.717, 1.165) is 12.8 Å². The minimum absolute atomic E-state index is 0.373. The SMILES string of the molecule is CC1CC(C)CC(OOC(C)(C)C)(OOC(C)(C)C)C1. The molecule has 1 saturated carbocycles. The van der Waals surface area contributed by atoms with Gasteiger partial charge in [0.2, 0.25) is 5.79 Å². The predicted octanol–water partition coefficient (Wildman–Crippen LogP) is 4.63. The predicted molar refractivity (Wildman–Crippen MR) is 78.8 cm³/mol. The Morgan fingerprint density at radius 3 is 1.40 bits per heavy atom. The van der Waals surface area contributed by atoms with Crippen LogP contribution in [0.15, 0.2) is 0 Å². The fourth-order valence-electron chi connectivity index (χ4n) is 2.55. The Balaban J connectivity index is 2.76. The molecule has 120 valence electrons. The van der Waals surface area contributed by atoms with E-state index >= 15 is 0 Å². The van der Waals surface area contributed by atoms with Crippen molar-refractivity contribution in [2.75, 3.05) is 0 Å². The average Bonchev–Trinajstić information content (AvgIpc) is 2.21. The van der Waals surface area contributed by atoms with Gasteiger partial charge in [-0.25, -0.2) is 9.78 Å². The first-order valence-electron chi connectivity index (χ1n) is 7.64. The lowest BCUT2D eigenvalue weighted by molar-refractivity contribution is -0.549. The zero-order valence-electron chi connectivity index (χ0n) is 14.4. The fourth-order valence-corrected chi connectivity index (χ4v) is 2.55. The van der Waals surface area contributed by atoms with Gasteiger partial charge in [-0.2, -0.15) is 9.78 Å². The Morgan fingerprint density at radius 2 is 1.10 bits per heavy atom. The largest absolute Gasteiger partial charge is 0.234 e. The van der Waals surface area contributed by atoms with Crippen LogP contribution in [0.4, 0.5) is 0 Å². The quantitative estimate of drug-likeness (QED) is 0.429. The number of hydrogen-bond donors (Lipinski definition) is 0. The van der Waals surface area contributed by atoms with E-state index in [2.05, 4.69) is 13.8 Å². The van der Waals surface area contributed by atoms with Crippen LogP contribution < -0.4 is 0 Å². The molecule has 0 heterocycles. The molecule has 1 aliphatic rings. The van der Waals surface area contributed by atoms with Crippen LogP contribution in [0.1, 0.15) is 74.7 Å². The topological polar surface area (TPSA) is 36.9 Å². The summed E-state index contributed by atoms with van der Waals surface area (Å²) < 4.78 is 0. The monoisotopic (exact) mass is 288 g/mol. The first kappa shape index (κ1) is 17.9. The van der Waals surface area contributed by atoms with Gasteiger partial charge in [0.1, 0.15) is 0 Å². The highest BCUT2D eigenvalue weighted by Gasteiger charge is 2.44. The third-order valence-corrected chi connectivity index (χ3v) is 3.01. The van der Waals surface area contributed by atoms with Crippen LogP contribution in [0.3, 0.4) is 0 Å². The Bertz CT molecular complexity index is 271. The van der Waals surface area contributed by atoms with E-state index in [1.165, 1.54) is 6.42 Å². The highest BCUT2D eigenvalue weighted by Crippen LogP contribution is 2.41. The summed E-state index contributed by atoms with van der Waals surface area (Å²) in [6.45, 7) is 16.2. The average molecular weight is 288 g/mol. The van der Waals surface area contributed by atoms with Gasteiger partial charge in [-0.15, -0.1) is 0 Å². The van der Waals surface area contributed by atoms with Gasteiger partial charge in [0.25, 0.3) is 0 Å². The minimum Gasteiger partial charge on any atom is -0.228 e. The molecule has 4 heteroatoms. The highest BCUT2D eigenvalue weighted by atomic mass is 17.3. The summed E-state index contributed by atoms with van der Waals surface area (Å²) in [6.07, 6.45) is 2.74. The van der Waals surface area contributed by atoms with Crippen molar-refractivity contribution >= 4 is 0 Å². The van der Waals surface area contributed by atoms with Gasteiger partial charge >= 0.3 is 0 Å². The zero-order chi connectivity index (χ0) is 15.6. The van der Waals surface area contributed by atoms with E-state index in [-0.39, 0.29) is 11.2 Å². The van der Waals surface area contributed by atoms with Gasteiger partial charge in [0, 0.05) is 12.8 Å². The smallest absolute Gasteiger partial charge is 0.228 e. The first-order chi connectivity index (χ1) is 8.91. The second-order valence-corrected chi connectivity index (χ2v) is 8.32. The fraction of sp³-hybridized carbons (Fsp3) is 1.00. The van der Waals surface area contributed by atoms with Crippen molar-refractivity contribution in [3.05, 3.63) is 0 Å². The van der Waals surface area contributed by atoms with Gasteiger partial charge in [-0.05, 0) is 59.8 Å². The molecule has 2 atom stereocenters. The number of hydrogen-bond acceptors (Lipinski definition) is 4. The zero-order valence-corrected chi connectivity index (χ0v) is 14.4. The Kier molecular flexibility index (Phi) is 5.64. The van der Waals surface area contributed by atoms with Crippen molar-refractivity contribution in [2.24, 2.45) is 11.8 Å². The van der Waals surface area contributed by atoms with E-state index in [9.17, 15) is 0 Å². The normalized spacial score (nSPS) is 27.6. The summed E-state index contributed by atoms with van der Waals surface area (Å²) in [5.41, 5.74) is -0.746. The van der Waals surface area contributed by atoms with Gasteiger partial charge in [0.15, 0.2) is 0 Å². The maximum Gasteiger partial charge on any atom is 0.234 e. The third-order valence-electron chi connectivity index (χ3n) is 3.01. The molecule has 0 amide bonds. The van der Waals surface area contributed by atoms with Crippen molar-refractivity contribution in [1.29, 1.82) is 0 Å². The van der Waals surface area contributed by atoms with E-state index in [0.29, 0.717) is 11.8 Å². The summed E-state index contributed by atoms with van der Waals surface area (Å²) in [4.78, 5) is 22.5. The molecule has 2 unspecified atom stereocenters. The summed E-state index contributed by atoms with van der Waals surface area (Å²) in [5.74, 6) is 0.231. The molecule has 0 saturated heterocycles. The van der Waals surface area contributed by atoms with Crippen LogP contribution in [0.25, 0.3) is 0 Å². The summed E-state index contributed by atoms with van der Waals surface area (Å²) in [6, 6.07) is 0. The second-order valence-electron chi connectivity index (χ2n) is 8.32. The van der Waals surface area contributed by atoms with E-state index < -0.39 is 5.79 Å². The van der Waals surface area contributed by atoms with E-state index in [4.69, 9.17) is 19.6 Å². The summed E-state index contributed by atoms with van der Waals surface area (Å²) in [7, 11) is 0. The Morgan fingerprint density at radius 1 is 0.750 bits per heavy atom.